The van der Waals surface area contributed by atoms with E-state index >= 15 is 0 Å². The molecule has 1 amide bonds. The van der Waals surface area contributed by atoms with E-state index in [1.54, 1.807) is 0 Å². The van der Waals surface area contributed by atoms with Gasteiger partial charge in [0.1, 0.15) is 0 Å². The fraction of sp³-hybridized carbons (Fsp3) is 0.727. The van der Waals surface area contributed by atoms with Crippen LogP contribution in [-0.4, -0.2) is 53.7 Å². The second-order valence-corrected chi connectivity index (χ2v) is 4.25. The van der Waals surface area contributed by atoms with Crippen molar-refractivity contribution in [3.63, 3.8) is 0 Å². The van der Waals surface area contributed by atoms with E-state index < -0.39 is 0 Å². The lowest BCUT2D eigenvalue weighted by Gasteiger charge is -2.16. The minimum Gasteiger partial charge on any atom is -0.349 e. The first kappa shape index (κ1) is 13.0. The highest BCUT2D eigenvalue weighted by atomic mass is 16.5. The van der Waals surface area contributed by atoms with Crippen LogP contribution in [0.3, 0.4) is 0 Å². The SMILES string of the molecule is CCNC(=O)c1noc(CN2CCCNCC2)n1. The number of nitrogens with zero attached hydrogens (tertiary/aromatic N) is 3. The van der Waals surface area contributed by atoms with Gasteiger partial charge in [-0.3, -0.25) is 9.69 Å². The highest BCUT2D eigenvalue weighted by molar-refractivity contribution is 5.90. The van der Waals surface area contributed by atoms with E-state index in [9.17, 15) is 4.79 Å². The second-order valence-electron chi connectivity index (χ2n) is 4.25. The van der Waals surface area contributed by atoms with Crippen molar-refractivity contribution in [3.05, 3.63) is 11.7 Å². The van der Waals surface area contributed by atoms with E-state index in [2.05, 4.69) is 25.7 Å². The number of carbonyl (C=O) groups excluding carboxylic acids is 1. The third-order valence-electron chi connectivity index (χ3n) is 2.80. The summed E-state index contributed by atoms with van der Waals surface area (Å²) < 4.78 is 5.09. The summed E-state index contributed by atoms with van der Waals surface area (Å²) in [5, 5.41) is 9.66. The predicted octanol–water partition coefficient (Wildman–Crippen LogP) is -0.385. The third-order valence-corrected chi connectivity index (χ3v) is 2.80. The van der Waals surface area contributed by atoms with Crippen LogP contribution in [0.1, 0.15) is 29.9 Å². The maximum Gasteiger partial charge on any atom is 0.292 e. The van der Waals surface area contributed by atoms with E-state index in [1.165, 1.54) is 0 Å². The zero-order chi connectivity index (χ0) is 12.8. The summed E-state index contributed by atoms with van der Waals surface area (Å²) in [5.74, 6) is 0.322. The lowest BCUT2D eigenvalue weighted by Crippen LogP contribution is -2.28. The maximum absolute atomic E-state index is 11.5. The van der Waals surface area contributed by atoms with Gasteiger partial charge in [-0.1, -0.05) is 5.16 Å². The van der Waals surface area contributed by atoms with E-state index in [1.807, 2.05) is 6.92 Å². The van der Waals surface area contributed by atoms with Gasteiger partial charge in [-0.15, -0.1) is 0 Å². The first-order valence-corrected chi connectivity index (χ1v) is 6.33. The van der Waals surface area contributed by atoms with Crippen molar-refractivity contribution < 1.29 is 9.32 Å². The van der Waals surface area contributed by atoms with Gasteiger partial charge in [-0.25, -0.2) is 0 Å². The monoisotopic (exact) mass is 253 g/mol. The van der Waals surface area contributed by atoms with Crippen LogP contribution in [0.4, 0.5) is 0 Å². The number of hydrogen-bond acceptors (Lipinski definition) is 6. The van der Waals surface area contributed by atoms with Crippen LogP contribution in [0.5, 0.6) is 0 Å². The molecule has 1 aliphatic rings. The number of aromatic nitrogens is 2. The second kappa shape index (κ2) is 6.46. The summed E-state index contributed by atoms with van der Waals surface area (Å²) in [4.78, 5) is 17.8. The van der Waals surface area contributed by atoms with E-state index in [4.69, 9.17) is 4.52 Å². The molecule has 1 saturated heterocycles. The van der Waals surface area contributed by atoms with Crippen LogP contribution in [-0.2, 0) is 6.54 Å². The largest absolute Gasteiger partial charge is 0.349 e. The Morgan fingerprint density at radius 3 is 3.22 bits per heavy atom. The Labute approximate surface area is 106 Å². The van der Waals surface area contributed by atoms with Gasteiger partial charge in [-0.05, 0) is 26.4 Å². The molecule has 0 atom stereocenters. The fourth-order valence-corrected chi connectivity index (χ4v) is 1.90. The summed E-state index contributed by atoms with van der Waals surface area (Å²) in [5.41, 5.74) is 0. The van der Waals surface area contributed by atoms with Gasteiger partial charge in [0.25, 0.3) is 11.7 Å². The summed E-state index contributed by atoms with van der Waals surface area (Å²) in [6.07, 6.45) is 1.11. The Kier molecular flexibility index (Phi) is 4.66. The van der Waals surface area contributed by atoms with Crippen molar-refractivity contribution in [2.45, 2.75) is 19.9 Å². The molecule has 0 radical (unpaired) electrons. The van der Waals surface area contributed by atoms with Crippen LogP contribution in [0.2, 0.25) is 0 Å². The number of rotatable bonds is 4. The van der Waals surface area contributed by atoms with Gasteiger partial charge in [0.15, 0.2) is 0 Å². The smallest absolute Gasteiger partial charge is 0.292 e. The number of amides is 1. The topological polar surface area (TPSA) is 83.3 Å². The molecule has 100 valence electrons. The minimum absolute atomic E-state index is 0.111. The van der Waals surface area contributed by atoms with Crippen LogP contribution >= 0.6 is 0 Å². The molecule has 0 aromatic carbocycles. The zero-order valence-corrected chi connectivity index (χ0v) is 10.6. The van der Waals surface area contributed by atoms with E-state index in [-0.39, 0.29) is 11.7 Å². The summed E-state index contributed by atoms with van der Waals surface area (Å²) in [6, 6.07) is 0. The first-order valence-electron chi connectivity index (χ1n) is 6.33. The Morgan fingerprint density at radius 1 is 1.50 bits per heavy atom. The summed E-state index contributed by atoms with van der Waals surface area (Å²) >= 11 is 0. The molecular weight excluding hydrogens is 234 g/mol. The summed E-state index contributed by atoms with van der Waals surface area (Å²) in [7, 11) is 0. The average Bonchev–Trinajstić information content (AvgIpc) is 2.67. The van der Waals surface area contributed by atoms with Crippen LogP contribution in [0, 0.1) is 0 Å². The van der Waals surface area contributed by atoms with E-state index in [0.717, 1.165) is 32.6 Å². The molecule has 0 spiro atoms. The standard InChI is InChI=1S/C11H19N5O2/c1-2-13-11(17)10-14-9(18-15-10)8-16-6-3-4-12-5-7-16/h12H,2-8H2,1H3,(H,13,17). The van der Waals surface area contributed by atoms with Crippen molar-refractivity contribution in [1.82, 2.24) is 25.7 Å². The molecule has 2 rings (SSSR count). The maximum atomic E-state index is 11.5. The van der Waals surface area contributed by atoms with Gasteiger partial charge < -0.3 is 15.2 Å². The molecule has 7 nitrogen and oxygen atoms in total. The van der Waals surface area contributed by atoms with Gasteiger partial charge in [0, 0.05) is 19.6 Å². The molecule has 1 aromatic rings. The fourth-order valence-electron chi connectivity index (χ4n) is 1.90. The molecule has 1 aromatic heterocycles. The Bertz CT molecular complexity index is 385. The molecule has 2 heterocycles. The molecule has 0 unspecified atom stereocenters. The molecule has 1 aliphatic heterocycles. The zero-order valence-electron chi connectivity index (χ0n) is 10.6. The Hall–Kier alpha value is -1.47. The predicted molar refractivity (Wildman–Crippen MR) is 65.1 cm³/mol. The molecule has 0 aliphatic carbocycles. The molecule has 2 N–H and O–H groups in total. The van der Waals surface area contributed by atoms with Crippen LogP contribution < -0.4 is 10.6 Å². The van der Waals surface area contributed by atoms with E-state index in [0.29, 0.717) is 19.0 Å². The van der Waals surface area contributed by atoms with Gasteiger partial charge in [-0.2, -0.15) is 4.98 Å². The molecule has 7 heteroatoms. The number of carbonyl (C=O) groups is 1. The van der Waals surface area contributed by atoms with Crippen molar-refractivity contribution in [2.75, 3.05) is 32.7 Å². The molecule has 1 fully saturated rings. The van der Waals surface area contributed by atoms with Gasteiger partial charge in [0.2, 0.25) is 5.89 Å². The number of hydrogen-bond donors (Lipinski definition) is 2. The minimum atomic E-state index is -0.287. The van der Waals surface area contributed by atoms with Crippen molar-refractivity contribution in [2.24, 2.45) is 0 Å². The van der Waals surface area contributed by atoms with Gasteiger partial charge in [0.05, 0.1) is 6.54 Å². The first-order chi connectivity index (χ1) is 8.79. The highest BCUT2D eigenvalue weighted by Gasteiger charge is 2.16. The van der Waals surface area contributed by atoms with Crippen molar-refractivity contribution in [1.29, 1.82) is 0 Å². The molecule has 18 heavy (non-hydrogen) atoms. The molecule has 0 bridgehead atoms. The third kappa shape index (κ3) is 3.51. The van der Waals surface area contributed by atoms with Crippen molar-refractivity contribution >= 4 is 5.91 Å². The summed E-state index contributed by atoms with van der Waals surface area (Å²) in [6.45, 7) is 6.99. The Morgan fingerprint density at radius 2 is 2.39 bits per heavy atom. The Balaban J connectivity index is 1.91. The lowest BCUT2D eigenvalue weighted by atomic mass is 10.4. The average molecular weight is 253 g/mol. The van der Waals surface area contributed by atoms with Crippen LogP contribution in [0.25, 0.3) is 0 Å². The lowest BCUT2D eigenvalue weighted by molar-refractivity contribution is 0.0942. The normalized spacial score (nSPS) is 17.4. The van der Waals surface area contributed by atoms with Crippen molar-refractivity contribution in [3.8, 4) is 0 Å². The van der Waals surface area contributed by atoms with Gasteiger partial charge >= 0.3 is 0 Å². The molecule has 0 saturated carbocycles. The quantitative estimate of drug-likeness (QED) is 0.760. The molecular formula is C11H19N5O2. The number of nitrogens with one attached hydrogen (secondary N) is 2. The highest BCUT2D eigenvalue weighted by Crippen LogP contribution is 2.04. The van der Waals surface area contributed by atoms with Crippen LogP contribution in [0.15, 0.2) is 4.52 Å².